The van der Waals surface area contributed by atoms with Crippen LogP contribution in [-0.4, -0.2) is 0 Å². The lowest BCUT2D eigenvalue weighted by molar-refractivity contribution is 0.718. The van der Waals surface area contributed by atoms with Crippen molar-refractivity contribution in [2.75, 3.05) is 0 Å². The standard InChI is InChI=1S/C44H33F/c1-30(31-20-22-34(23-21-31)35-26-24-33(25-27-35)32-11-3-2-4-12-32)19-28-43-39(29-45)38-15-7-10-18-42(38)44(43)40-16-8-5-13-36(40)37-14-6-9-17-41(37)44/h2-18,20-30H,19H2,1H3/b39-29-,43-28+. The second-order valence-electron chi connectivity index (χ2n) is 12.2. The lowest BCUT2D eigenvalue weighted by atomic mass is 9.70. The monoisotopic (exact) mass is 580 g/mol. The molecule has 0 radical (unpaired) electrons. The van der Waals surface area contributed by atoms with Crippen molar-refractivity contribution in [3.63, 3.8) is 0 Å². The SMILES string of the molecule is CC(C/C=C1\C(=C/F)c2ccccc2C12c1ccccc1-c1ccccc12)c1ccc(-c2ccc(-c3ccccc3)cc2)cc1. The van der Waals surface area contributed by atoms with Gasteiger partial charge in [-0.25, -0.2) is 4.39 Å². The van der Waals surface area contributed by atoms with E-state index in [4.69, 9.17) is 0 Å². The second-order valence-corrected chi connectivity index (χ2v) is 12.2. The molecule has 216 valence electrons. The van der Waals surface area contributed by atoms with Crippen molar-refractivity contribution in [2.24, 2.45) is 0 Å². The summed E-state index contributed by atoms with van der Waals surface area (Å²) in [6, 6.07) is 53.9. The number of benzene rings is 6. The van der Waals surface area contributed by atoms with E-state index in [1.54, 1.807) is 0 Å². The summed E-state index contributed by atoms with van der Waals surface area (Å²) in [4.78, 5) is 0. The molecule has 0 heterocycles. The first kappa shape index (κ1) is 27.3. The van der Waals surface area contributed by atoms with Crippen LogP contribution in [0.15, 0.2) is 170 Å². The van der Waals surface area contributed by atoms with Crippen molar-refractivity contribution < 1.29 is 4.39 Å². The van der Waals surface area contributed by atoms with E-state index in [0.717, 1.165) is 29.5 Å². The maximum absolute atomic E-state index is 15.0. The van der Waals surface area contributed by atoms with Gasteiger partial charge in [-0.15, -0.1) is 0 Å². The molecule has 0 fully saturated rings. The van der Waals surface area contributed by atoms with Crippen molar-refractivity contribution >= 4 is 5.57 Å². The molecule has 2 aliphatic carbocycles. The minimum absolute atomic E-state index is 0.264. The Labute approximate surface area is 264 Å². The van der Waals surface area contributed by atoms with Gasteiger partial charge in [-0.3, -0.25) is 0 Å². The van der Waals surface area contributed by atoms with Crippen LogP contribution in [0, 0.1) is 0 Å². The third kappa shape index (κ3) is 4.26. The molecule has 1 unspecified atom stereocenters. The largest absolute Gasteiger partial charge is 0.215 e. The Morgan fingerprint density at radius 3 is 1.47 bits per heavy atom. The van der Waals surface area contributed by atoms with Crippen LogP contribution in [0.25, 0.3) is 39.0 Å². The lowest BCUT2D eigenvalue weighted by Crippen LogP contribution is -2.26. The molecule has 45 heavy (non-hydrogen) atoms. The Bertz CT molecular complexity index is 2030. The summed E-state index contributed by atoms with van der Waals surface area (Å²) in [6.45, 7) is 2.27. The van der Waals surface area contributed by atoms with Crippen LogP contribution in [-0.2, 0) is 5.41 Å². The molecule has 8 rings (SSSR count). The van der Waals surface area contributed by atoms with E-state index in [1.165, 1.54) is 50.1 Å². The van der Waals surface area contributed by atoms with Crippen LogP contribution in [0.5, 0.6) is 0 Å². The van der Waals surface area contributed by atoms with E-state index < -0.39 is 5.41 Å². The average Bonchev–Trinajstić information content (AvgIpc) is 3.57. The highest BCUT2D eigenvalue weighted by Crippen LogP contribution is 2.63. The average molecular weight is 581 g/mol. The van der Waals surface area contributed by atoms with Gasteiger partial charge in [0.1, 0.15) is 0 Å². The smallest absolute Gasteiger partial charge is 0.0948 e. The predicted molar refractivity (Wildman–Crippen MR) is 186 cm³/mol. The van der Waals surface area contributed by atoms with E-state index in [-0.39, 0.29) is 5.92 Å². The summed E-state index contributed by atoms with van der Waals surface area (Å²) in [5.74, 6) is 0.264. The van der Waals surface area contributed by atoms with E-state index in [9.17, 15) is 4.39 Å². The highest BCUT2D eigenvalue weighted by atomic mass is 19.1. The fraction of sp³-hybridized carbons (Fsp3) is 0.0909. The first-order chi connectivity index (χ1) is 22.2. The van der Waals surface area contributed by atoms with Crippen LogP contribution in [0.4, 0.5) is 4.39 Å². The van der Waals surface area contributed by atoms with Crippen molar-refractivity contribution in [1.82, 2.24) is 0 Å². The van der Waals surface area contributed by atoms with Gasteiger partial charge in [-0.1, -0.05) is 165 Å². The Balaban J connectivity index is 1.14. The van der Waals surface area contributed by atoms with Crippen LogP contribution >= 0.6 is 0 Å². The molecule has 1 atom stereocenters. The summed E-state index contributed by atoms with van der Waals surface area (Å²) >= 11 is 0. The van der Waals surface area contributed by atoms with E-state index in [2.05, 4.69) is 153 Å². The molecular weight excluding hydrogens is 547 g/mol. The van der Waals surface area contributed by atoms with Gasteiger partial charge in [0.05, 0.1) is 11.7 Å². The fourth-order valence-corrected chi connectivity index (χ4v) is 7.65. The van der Waals surface area contributed by atoms with Gasteiger partial charge in [0, 0.05) is 5.57 Å². The molecule has 6 aromatic carbocycles. The number of halogens is 1. The van der Waals surface area contributed by atoms with Gasteiger partial charge in [-0.05, 0) is 79.1 Å². The topological polar surface area (TPSA) is 0 Å². The molecule has 0 bridgehead atoms. The van der Waals surface area contributed by atoms with Crippen molar-refractivity contribution in [3.05, 3.63) is 197 Å². The van der Waals surface area contributed by atoms with E-state index in [1.807, 2.05) is 12.1 Å². The molecule has 0 nitrogen and oxygen atoms in total. The Morgan fingerprint density at radius 2 is 0.933 bits per heavy atom. The number of rotatable bonds is 5. The van der Waals surface area contributed by atoms with Crippen molar-refractivity contribution in [3.8, 4) is 33.4 Å². The summed E-state index contributed by atoms with van der Waals surface area (Å²) < 4.78 is 15.0. The summed E-state index contributed by atoms with van der Waals surface area (Å²) in [7, 11) is 0. The maximum Gasteiger partial charge on any atom is 0.0948 e. The van der Waals surface area contributed by atoms with Crippen LogP contribution in [0.2, 0.25) is 0 Å². The molecule has 1 heteroatoms. The van der Waals surface area contributed by atoms with Gasteiger partial charge in [0.2, 0.25) is 0 Å². The first-order valence-corrected chi connectivity index (χ1v) is 15.8. The minimum atomic E-state index is -0.531. The second kappa shape index (κ2) is 11.0. The molecule has 2 aliphatic rings. The van der Waals surface area contributed by atoms with Gasteiger partial charge in [0.15, 0.2) is 0 Å². The Morgan fingerprint density at radius 1 is 0.511 bits per heavy atom. The number of hydrogen-bond acceptors (Lipinski definition) is 0. The lowest BCUT2D eigenvalue weighted by Gasteiger charge is -2.31. The molecule has 0 saturated carbocycles. The Hall–Kier alpha value is -5.27. The molecule has 6 aromatic rings. The van der Waals surface area contributed by atoms with E-state index in [0.29, 0.717) is 5.57 Å². The normalized spacial score (nSPS) is 16.5. The molecule has 0 amide bonds. The number of hydrogen-bond donors (Lipinski definition) is 0. The molecule has 0 saturated heterocycles. The number of allylic oxidation sites excluding steroid dienone is 3. The zero-order valence-corrected chi connectivity index (χ0v) is 25.3. The van der Waals surface area contributed by atoms with Crippen LogP contribution < -0.4 is 0 Å². The molecule has 0 N–H and O–H groups in total. The molecule has 0 aliphatic heterocycles. The molecule has 1 spiro atoms. The zero-order chi connectivity index (χ0) is 30.4. The number of fused-ring (bicyclic) bond motifs is 7. The summed E-state index contributed by atoms with van der Waals surface area (Å²) in [6.07, 6.45) is 3.94. The Kier molecular flexibility index (Phi) is 6.68. The quantitative estimate of drug-likeness (QED) is 0.190. The van der Waals surface area contributed by atoms with E-state index >= 15 is 0 Å². The van der Waals surface area contributed by atoms with Gasteiger partial charge >= 0.3 is 0 Å². The fourth-order valence-electron chi connectivity index (χ4n) is 7.65. The van der Waals surface area contributed by atoms with Crippen LogP contribution in [0.3, 0.4) is 0 Å². The summed E-state index contributed by atoms with van der Waals surface area (Å²) in [5.41, 5.74) is 14.4. The van der Waals surface area contributed by atoms with Crippen molar-refractivity contribution in [1.29, 1.82) is 0 Å². The molecule has 0 aromatic heterocycles. The van der Waals surface area contributed by atoms with Gasteiger partial charge in [0.25, 0.3) is 0 Å². The van der Waals surface area contributed by atoms with Crippen molar-refractivity contribution in [2.45, 2.75) is 24.7 Å². The predicted octanol–water partition coefficient (Wildman–Crippen LogP) is 11.8. The minimum Gasteiger partial charge on any atom is -0.215 e. The van der Waals surface area contributed by atoms with Gasteiger partial charge < -0.3 is 0 Å². The van der Waals surface area contributed by atoms with Gasteiger partial charge in [-0.2, -0.15) is 0 Å². The molecular formula is C44H33F. The highest BCUT2D eigenvalue weighted by Gasteiger charge is 2.53. The third-order valence-corrected chi connectivity index (χ3v) is 9.86. The first-order valence-electron chi connectivity index (χ1n) is 15.8. The maximum atomic E-state index is 15.0. The van der Waals surface area contributed by atoms with Crippen LogP contribution in [0.1, 0.15) is 47.1 Å². The summed E-state index contributed by atoms with van der Waals surface area (Å²) in [5, 5.41) is 0. The zero-order valence-electron chi connectivity index (χ0n) is 25.3. The third-order valence-electron chi connectivity index (χ3n) is 9.86. The highest BCUT2D eigenvalue weighted by molar-refractivity contribution is 5.99.